The molecule has 6 aromatic rings. The van der Waals surface area contributed by atoms with Gasteiger partial charge in [0.2, 0.25) is 0 Å². The number of sulfonamides is 1. The third kappa shape index (κ3) is 5.15. The van der Waals surface area contributed by atoms with Crippen molar-refractivity contribution in [2.24, 2.45) is 0 Å². The number of aromatic amines is 2. The number of imidazole rings is 1. The molecular formula is C30H26N6O4S. The van der Waals surface area contributed by atoms with Crippen LogP contribution in [0.25, 0.3) is 44.2 Å². The van der Waals surface area contributed by atoms with Gasteiger partial charge in [0.15, 0.2) is 5.03 Å². The lowest BCUT2D eigenvalue weighted by atomic mass is 9.92. The normalized spacial score (nSPS) is 11.6. The number of pyridine rings is 1. The van der Waals surface area contributed by atoms with E-state index < -0.39 is 10.0 Å². The van der Waals surface area contributed by atoms with Crippen LogP contribution in [0.4, 0.5) is 5.69 Å². The van der Waals surface area contributed by atoms with E-state index in [2.05, 4.69) is 25.0 Å². The fourth-order valence-electron chi connectivity index (χ4n) is 4.81. The first-order valence-electron chi connectivity index (χ1n) is 12.8. The summed E-state index contributed by atoms with van der Waals surface area (Å²) in [6.45, 7) is 0.864. The molecule has 0 saturated carbocycles. The second-order valence-electron chi connectivity index (χ2n) is 9.36. The Bertz CT molecular complexity index is 1950. The number of nitrogens with one attached hydrogen (secondary N) is 4. The average Bonchev–Trinajstić information content (AvgIpc) is 3.66. The van der Waals surface area contributed by atoms with Gasteiger partial charge in [0.1, 0.15) is 5.65 Å². The molecule has 1 amide bonds. The molecule has 0 aliphatic carbocycles. The Morgan fingerprint density at radius 1 is 0.976 bits per heavy atom. The van der Waals surface area contributed by atoms with Crippen LogP contribution in [0, 0.1) is 0 Å². The zero-order valence-electron chi connectivity index (χ0n) is 22.0. The van der Waals surface area contributed by atoms with E-state index in [1.54, 1.807) is 31.4 Å². The van der Waals surface area contributed by atoms with Crippen LogP contribution in [0.3, 0.4) is 0 Å². The molecule has 11 heteroatoms. The van der Waals surface area contributed by atoms with Gasteiger partial charge in [-0.15, -0.1) is 0 Å². The van der Waals surface area contributed by atoms with E-state index in [4.69, 9.17) is 9.72 Å². The first-order valence-corrected chi connectivity index (χ1v) is 14.3. The van der Waals surface area contributed by atoms with E-state index in [0.717, 1.165) is 38.5 Å². The maximum atomic E-state index is 12.8. The molecule has 3 aromatic heterocycles. The van der Waals surface area contributed by atoms with Crippen molar-refractivity contribution in [3.63, 3.8) is 0 Å². The molecule has 0 fully saturated rings. The van der Waals surface area contributed by atoms with Gasteiger partial charge in [-0.2, -0.15) is 8.42 Å². The number of hydrogen-bond donors (Lipinski definition) is 4. The number of amides is 1. The molecule has 6 rings (SSSR count). The Balaban J connectivity index is 1.48. The predicted molar refractivity (Wildman–Crippen MR) is 158 cm³/mol. The van der Waals surface area contributed by atoms with Gasteiger partial charge >= 0.3 is 0 Å². The number of H-pyrrole nitrogens is 2. The third-order valence-electron chi connectivity index (χ3n) is 6.73. The first kappa shape index (κ1) is 26.2. The summed E-state index contributed by atoms with van der Waals surface area (Å²) in [6, 6.07) is 22.6. The predicted octanol–water partition coefficient (Wildman–Crippen LogP) is 4.95. The molecular weight excluding hydrogens is 540 g/mol. The van der Waals surface area contributed by atoms with Crippen molar-refractivity contribution in [2.45, 2.75) is 5.03 Å². The molecule has 0 spiro atoms. The molecule has 10 nitrogen and oxygen atoms in total. The highest BCUT2D eigenvalue weighted by molar-refractivity contribution is 7.92. The Hall–Kier alpha value is -5.00. The van der Waals surface area contributed by atoms with Gasteiger partial charge < -0.3 is 20.0 Å². The molecule has 0 atom stereocenters. The van der Waals surface area contributed by atoms with E-state index in [1.165, 1.54) is 12.5 Å². The van der Waals surface area contributed by atoms with Crippen molar-refractivity contribution >= 4 is 43.6 Å². The van der Waals surface area contributed by atoms with Crippen molar-refractivity contribution in [1.29, 1.82) is 0 Å². The fraction of sp³-hybridized carbons (Fsp3) is 0.100. The molecule has 0 radical (unpaired) electrons. The number of methoxy groups -OCH3 is 1. The van der Waals surface area contributed by atoms with Gasteiger partial charge in [-0.3, -0.25) is 9.52 Å². The molecule has 0 unspecified atom stereocenters. The fourth-order valence-corrected chi connectivity index (χ4v) is 5.77. The van der Waals surface area contributed by atoms with Crippen LogP contribution in [-0.4, -0.2) is 54.5 Å². The summed E-state index contributed by atoms with van der Waals surface area (Å²) < 4.78 is 33.3. The molecule has 3 heterocycles. The van der Waals surface area contributed by atoms with Crippen molar-refractivity contribution in [2.75, 3.05) is 25.0 Å². The molecule has 0 aliphatic rings. The number of carbonyl (C=O) groups excluding carboxylic acids is 1. The highest BCUT2D eigenvalue weighted by Gasteiger charge is 2.20. The Kier molecular flexibility index (Phi) is 6.96. The van der Waals surface area contributed by atoms with Crippen molar-refractivity contribution in [3.8, 4) is 22.3 Å². The van der Waals surface area contributed by atoms with E-state index in [9.17, 15) is 13.2 Å². The van der Waals surface area contributed by atoms with Gasteiger partial charge in [0, 0.05) is 64.7 Å². The highest BCUT2D eigenvalue weighted by atomic mass is 32.2. The van der Waals surface area contributed by atoms with Gasteiger partial charge in [-0.05, 0) is 41.5 Å². The zero-order valence-corrected chi connectivity index (χ0v) is 22.8. The molecule has 0 bridgehead atoms. The third-order valence-corrected chi connectivity index (χ3v) is 8.01. The van der Waals surface area contributed by atoms with Crippen molar-refractivity contribution < 1.29 is 17.9 Å². The average molecular weight is 567 g/mol. The van der Waals surface area contributed by atoms with Crippen LogP contribution in [0.5, 0.6) is 0 Å². The standard InChI is InChI=1S/C30H26N6O4S/c1-40-14-13-32-30(37)21-9-7-19(8-10-21)24-16-33-29-28(27(24)20-5-3-2-4-6-20)23-15-22(11-12-25(23)35-29)36-41(38,39)26-17-31-18-34-26/h2-12,15-18,36H,13-14H2,1H3,(H,31,34)(H,32,37)(H,33,35). The van der Waals surface area contributed by atoms with Crippen molar-refractivity contribution in [3.05, 3.63) is 97.1 Å². The minimum atomic E-state index is -3.87. The minimum Gasteiger partial charge on any atom is -0.383 e. The Morgan fingerprint density at radius 3 is 2.51 bits per heavy atom. The highest BCUT2D eigenvalue weighted by Crippen LogP contribution is 2.41. The summed E-state index contributed by atoms with van der Waals surface area (Å²) in [6.07, 6.45) is 4.46. The first-order chi connectivity index (χ1) is 19.9. The number of ether oxygens (including phenoxy) is 1. The number of aromatic nitrogens is 4. The van der Waals surface area contributed by atoms with E-state index in [0.29, 0.717) is 30.0 Å². The molecule has 4 N–H and O–H groups in total. The van der Waals surface area contributed by atoms with Crippen LogP contribution >= 0.6 is 0 Å². The number of rotatable bonds is 9. The summed E-state index contributed by atoms with van der Waals surface area (Å²) in [5.41, 5.74) is 6.09. The lowest BCUT2D eigenvalue weighted by molar-refractivity contribution is 0.0937. The van der Waals surface area contributed by atoms with Crippen LogP contribution in [0.2, 0.25) is 0 Å². The van der Waals surface area contributed by atoms with E-state index >= 15 is 0 Å². The van der Waals surface area contributed by atoms with E-state index in [-0.39, 0.29) is 10.9 Å². The maximum absolute atomic E-state index is 12.8. The summed E-state index contributed by atoms with van der Waals surface area (Å²) in [4.78, 5) is 27.1. The van der Waals surface area contributed by atoms with E-state index in [1.807, 2.05) is 54.7 Å². The summed E-state index contributed by atoms with van der Waals surface area (Å²) >= 11 is 0. The summed E-state index contributed by atoms with van der Waals surface area (Å²) in [7, 11) is -2.28. The number of nitrogens with zero attached hydrogens (tertiary/aromatic N) is 2. The number of hydrogen-bond acceptors (Lipinski definition) is 6. The number of fused-ring (bicyclic) bond motifs is 3. The molecule has 41 heavy (non-hydrogen) atoms. The minimum absolute atomic E-state index is 0.0960. The number of benzene rings is 3. The second kappa shape index (κ2) is 10.9. The largest absolute Gasteiger partial charge is 0.383 e. The molecule has 0 aliphatic heterocycles. The van der Waals surface area contributed by atoms with Gasteiger partial charge in [-0.25, -0.2) is 9.97 Å². The Labute approximate surface area is 235 Å². The maximum Gasteiger partial charge on any atom is 0.280 e. The molecule has 0 saturated heterocycles. The molecule has 3 aromatic carbocycles. The Morgan fingerprint density at radius 2 is 1.78 bits per heavy atom. The SMILES string of the molecule is COCCNC(=O)c1ccc(-c2cnc3[nH]c4ccc(NS(=O)(=O)c5c[nH]cn5)cc4c3c2-c2ccccc2)cc1. The monoisotopic (exact) mass is 566 g/mol. The van der Waals surface area contributed by atoms with Gasteiger partial charge in [0.25, 0.3) is 15.9 Å². The summed E-state index contributed by atoms with van der Waals surface area (Å²) in [5.74, 6) is -0.174. The zero-order chi connectivity index (χ0) is 28.4. The van der Waals surface area contributed by atoms with Crippen LogP contribution in [0.15, 0.2) is 96.5 Å². The second-order valence-corrected chi connectivity index (χ2v) is 11.0. The quantitative estimate of drug-likeness (QED) is 0.183. The molecule has 206 valence electrons. The lowest BCUT2D eigenvalue weighted by Gasteiger charge is -2.13. The van der Waals surface area contributed by atoms with Gasteiger partial charge in [0.05, 0.1) is 12.9 Å². The topological polar surface area (TPSA) is 142 Å². The lowest BCUT2D eigenvalue weighted by Crippen LogP contribution is -2.26. The van der Waals surface area contributed by atoms with Crippen LogP contribution in [-0.2, 0) is 14.8 Å². The smallest absolute Gasteiger partial charge is 0.280 e. The number of carbonyl (C=O) groups is 1. The van der Waals surface area contributed by atoms with Crippen LogP contribution in [0.1, 0.15) is 10.4 Å². The van der Waals surface area contributed by atoms with Crippen molar-refractivity contribution in [1.82, 2.24) is 25.3 Å². The number of anilines is 1. The van der Waals surface area contributed by atoms with Crippen LogP contribution < -0.4 is 10.0 Å². The van der Waals surface area contributed by atoms with Gasteiger partial charge in [-0.1, -0.05) is 42.5 Å². The summed E-state index contributed by atoms with van der Waals surface area (Å²) in [5, 5.41) is 4.40.